The van der Waals surface area contributed by atoms with E-state index in [2.05, 4.69) is 94.2 Å². The van der Waals surface area contributed by atoms with Crippen LogP contribution in [-0.4, -0.2) is 0 Å². The van der Waals surface area contributed by atoms with Crippen LogP contribution in [0, 0.1) is 3.57 Å². The van der Waals surface area contributed by atoms with E-state index in [9.17, 15) is 0 Å². The molecule has 2 nitrogen and oxygen atoms in total. The number of hydrogen-bond donors (Lipinski definition) is 1. The topological polar surface area (TPSA) is 29.3 Å². The van der Waals surface area contributed by atoms with Crippen LogP contribution in [0.2, 0.25) is 0 Å². The minimum atomic E-state index is 0.803. The van der Waals surface area contributed by atoms with E-state index in [1.165, 1.54) is 20.4 Å². The second-order valence-electron chi connectivity index (χ2n) is 5.54. The molecular weight excluding hydrogens is 395 g/mol. The van der Waals surface area contributed by atoms with E-state index in [1.807, 2.05) is 12.1 Å². The molecule has 0 aliphatic heterocycles. The molecule has 3 rings (SSSR count). The zero-order chi connectivity index (χ0) is 16.1. The number of anilines is 2. The maximum atomic E-state index is 5.91. The Kier molecular flexibility index (Phi) is 5.18. The fourth-order valence-corrected chi connectivity index (χ4v) is 3.49. The van der Waals surface area contributed by atoms with Gasteiger partial charge >= 0.3 is 0 Å². The maximum Gasteiger partial charge on any atom is 0.0509 e. The van der Waals surface area contributed by atoms with Crippen LogP contribution in [0.15, 0.2) is 78.9 Å². The fraction of sp³-hybridized carbons (Fsp3) is 0.100. The van der Waals surface area contributed by atoms with Gasteiger partial charge in [0, 0.05) is 22.3 Å². The van der Waals surface area contributed by atoms with Crippen molar-refractivity contribution in [3.63, 3.8) is 0 Å². The van der Waals surface area contributed by atoms with E-state index in [0.29, 0.717) is 0 Å². The summed E-state index contributed by atoms with van der Waals surface area (Å²) in [7, 11) is 0. The summed E-state index contributed by atoms with van der Waals surface area (Å²) in [5, 5.41) is 0. The highest BCUT2D eigenvalue weighted by Crippen LogP contribution is 2.27. The molecule has 0 amide bonds. The van der Waals surface area contributed by atoms with Crippen LogP contribution in [0.1, 0.15) is 11.1 Å². The minimum Gasteiger partial charge on any atom is -0.399 e. The normalized spacial score (nSPS) is 10.5. The minimum absolute atomic E-state index is 0.803. The third kappa shape index (κ3) is 4.26. The molecule has 0 aliphatic rings. The van der Waals surface area contributed by atoms with E-state index in [1.54, 1.807) is 0 Å². The second kappa shape index (κ2) is 7.51. The van der Waals surface area contributed by atoms with Crippen LogP contribution in [-0.2, 0) is 13.1 Å². The molecule has 0 fully saturated rings. The average Bonchev–Trinajstić information content (AvgIpc) is 2.56. The lowest BCUT2D eigenvalue weighted by atomic mass is 10.1. The van der Waals surface area contributed by atoms with Crippen molar-refractivity contribution in [2.24, 2.45) is 0 Å². The van der Waals surface area contributed by atoms with Crippen LogP contribution < -0.4 is 10.6 Å². The molecule has 0 spiro atoms. The third-order valence-corrected chi connectivity index (χ3v) is 4.61. The van der Waals surface area contributed by atoms with Crippen LogP contribution in [0.3, 0.4) is 0 Å². The van der Waals surface area contributed by atoms with Gasteiger partial charge < -0.3 is 10.6 Å². The molecule has 23 heavy (non-hydrogen) atoms. The molecule has 0 bridgehead atoms. The molecule has 0 radical (unpaired) electrons. The van der Waals surface area contributed by atoms with Crippen molar-refractivity contribution in [3.8, 4) is 0 Å². The van der Waals surface area contributed by atoms with Crippen molar-refractivity contribution in [2.75, 3.05) is 10.6 Å². The molecule has 3 heteroatoms. The zero-order valence-electron chi connectivity index (χ0n) is 12.8. The fourth-order valence-electron chi connectivity index (χ4n) is 2.61. The molecule has 0 unspecified atom stereocenters. The number of benzene rings is 3. The Bertz CT molecular complexity index is 716. The second-order valence-corrected chi connectivity index (χ2v) is 6.70. The van der Waals surface area contributed by atoms with Gasteiger partial charge in [0.05, 0.1) is 5.69 Å². The van der Waals surface area contributed by atoms with E-state index >= 15 is 0 Å². The SMILES string of the molecule is Nc1ccc(N(Cc2ccccc2)Cc2ccccc2)c(I)c1. The number of hydrogen-bond acceptors (Lipinski definition) is 2. The Labute approximate surface area is 151 Å². The predicted octanol–water partition coefficient (Wildman–Crippen LogP) is 5.08. The van der Waals surface area contributed by atoms with Crippen LogP contribution in [0.4, 0.5) is 11.4 Å². The number of nitrogens with zero attached hydrogens (tertiary/aromatic N) is 1. The standard InChI is InChI=1S/C20H19IN2/c21-19-13-18(22)11-12-20(19)23(14-16-7-3-1-4-8-16)15-17-9-5-2-6-10-17/h1-13H,14-15,22H2. The molecule has 2 N–H and O–H groups in total. The summed E-state index contributed by atoms with van der Waals surface area (Å²) in [4.78, 5) is 2.39. The van der Waals surface area contributed by atoms with Crippen molar-refractivity contribution in [2.45, 2.75) is 13.1 Å². The summed E-state index contributed by atoms with van der Waals surface area (Å²) < 4.78 is 1.18. The molecule has 0 saturated carbocycles. The summed E-state index contributed by atoms with van der Waals surface area (Å²) in [6.45, 7) is 1.74. The van der Waals surface area contributed by atoms with Crippen molar-refractivity contribution in [3.05, 3.63) is 93.6 Å². The van der Waals surface area contributed by atoms with Crippen molar-refractivity contribution < 1.29 is 0 Å². The molecule has 0 heterocycles. The number of nitrogen functional groups attached to an aromatic ring is 1. The number of rotatable bonds is 5. The summed E-state index contributed by atoms with van der Waals surface area (Å²) >= 11 is 2.37. The van der Waals surface area contributed by atoms with E-state index in [0.717, 1.165) is 18.8 Å². The first-order chi connectivity index (χ1) is 11.2. The molecule has 3 aromatic rings. The monoisotopic (exact) mass is 414 g/mol. The average molecular weight is 414 g/mol. The summed E-state index contributed by atoms with van der Waals surface area (Å²) in [5.74, 6) is 0. The third-order valence-electron chi connectivity index (χ3n) is 3.74. The highest BCUT2D eigenvalue weighted by molar-refractivity contribution is 14.1. The number of halogens is 1. The largest absolute Gasteiger partial charge is 0.399 e. The first-order valence-electron chi connectivity index (χ1n) is 7.60. The highest BCUT2D eigenvalue weighted by atomic mass is 127. The van der Waals surface area contributed by atoms with Gasteiger partial charge in [-0.2, -0.15) is 0 Å². The summed E-state index contributed by atoms with van der Waals surface area (Å²) in [6, 6.07) is 27.2. The highest BCUT2D eigenvalue weighted by Gasteiger charge is 2.12. The van der Waals surface area contributed by atoms with Crippen LogP contribution in [0.25, 0.3) is 0 Å². The quantitative estimate of drug-likeness (QED) is 0.466. The molecule has 0 atom stereocenters. The Morgan fingerprint density at radius 3 is 1.74 bits per heavy atom. The van der Waals surface area contributed by atoms with Gasteiger partial charge in [-0.05, 0) is 51.9 Å². The predicted molar refractivity (Wildman–Crippen MR) is 106 cm³/mol. The van der Waals surface area contributed by atoms with E-state index in [-0.39, 0.29) is 0 Å². The van der Waals surface area contributed by atoms with Crippen LogP contribution >= 0.6 is 22.6 Å². The van der Waals surface area contributed by atoms with Gasteiger partial charge in [-0.3, -0.25) is 0 Å². The van der Waals surface area contributed by atoms with Gasteiger partial charge in [0.25, 0.3) is 0 Å². The Morgan fingerprint density at radius 1 is 0.739 bits per heavy atom. The van der Waals surface area contributed by atoms with Crippen molar-refractivity contribution >= 4 is 34.0 Å². The van der Waals surface area contributed by atoms with E-state index in [4.69, 9.17) is 5.73 Å². The molecule has 3 aromatic carbocycles. The molecule has 116 valence electrons. The summed E-state index contributed by atoms with van der Waals surface area (Å²) in [6.07, 6.45) is 0. The Hall–Kier alpha value is -2.01. The molecule has 0 aromatic heterocycles. The van der Waals surface area contributed by atoms with Gasteiger partial charge in [0.15, 0.2) is 0 Å². The first-order valence-corrected chi connectivity index (χ1v) is 8.68. The maximum absolute atomic E-state index is 5.91. The van der Waals surface area contributed by atoms with Gasteiger partial charge in [0.1, 0.15) is 0 Å². The smallest absolute Gasteiger partial charge is 0.0509 e. The zero-order valence-corrected chi connectivity index (χ0v) is 15.0. The van der Waals surface area contributed by atoms with Gasteiger partial charge in [-0.25, -0.2) is 0 Å². The number of nitrogens with two attached hydrogens (primary N) is 1. The molecular formula is C20H19IN2. The molecule has 0 aliphatic carbocycles. The van der Waals surface area contributed by atoms with Gasteiger partial charge in [-0.1, -0.05) is 60.7 Å². The lowest BCUT2D eigenvalue weighted by Gasteiger charge is -2.26. The lowest BCUT2D eigenvalue weighted by molar-refractivity contribution is 0.798. The van der Waals surface area contributed by atoms with Gasteiger partial charge in [0.2, 0.25) is 0 Å². The summed E-state index contributed by atoms with van der Waals surface area (Å²) in [5.41, 5.74) is 10.5. The van der Waals surface area contributed by atoms with Crippen molar-refractivity contribution in [1.29, 1.82) is 0 Å². The molecule has 0 saturated heterocycles. The first kappa shape index (κ1) is 15.9. The Balaban J connectivity index is 1.92. The van der Waals surface area contributed by atoms with Crippen LogP contribution in [0.5, 0.6) is 0 Å². The van der Waals surface area contributed by atoms with E-state index < -0.39 is 0 Å². The van der Waals surface area contributed by atoms with Crippen molar-refractivity contribution in [1.82, 2.24) is 0 Å². The Morgan fingerprint density at radius 2 is 1.26 bits per heavy atom. The van der Waals surface area contributed by atoms with Gasteiger partial charge in [-0.15, -0.1) is 0 Å². The lowest BCUT2D eigenvalue weighted by Crippen LogP contribution is -2.23.